The van der Waals surface area contributed by atoms with Crippen molar-refractivity contribution in [1.82, 2.24) is 15.6 Å². The van der Waals surface area contributed by atoms with Gasteiger partial charge in [-0.25, -0.2) is 14.6 Å². The van der Waals surface area contributed by atoms with Gasteiger partial charge in [-0.05, 0) is 30.9 Å². The van der Waals surface area contributed by atoms with E-state index in [1.807, 2.05) is 0 Å². The number of rotatable bonds is 4. The highest BCUT2D eigenvalue weighted by molar-refractivity contribution is 5.96. The van der Waals surface area contributed by atoms with Gasteiger partial charge in [-0.3, -0.25) is 10.1 Å². The summed E-state index contributed by atoms with van der Waals surface area (Å²) in [5, 5.41) is 4.96. The maximum Gasteiger partial charge on any atom is 0.357 e. The highest BCUT2D eigenvalue weighted by Crippen LogP contribution is 2.23. The second-order valence-electron chi connectivity index (χ2n) is 5.68. The largest absolute Gasteiger partial charge is 0.451 e. The molecular weight excluding hydrogens is 298 g/mol. The molecule has 1 aliphatic rings. The molecule has 0 bridgehead atoms. The summed E-state index contributed by atoms with van der Waals surface area (Å²) < 4.78 is 4.81. The molecule has 1 saturated carbocycles. The highest BCUT2D eigenvalue weighted by Gasteiger charge is 2.23. The molecule has 7 nitrogen and oxygen atoms in total. The number of carbonyl (C=O) groups is 3. The fourth-order valence-corrected chi connectivity index (χ4v) is 2.59. The van der Waals surface area contributed by atoms with Crippen molar-refractivity contribution in [2.75, 3.05) is 6.61 Å². The van der Waals surface area contributed by atoms with E-state index in [1.54, 1.807) is 12.1 Å². The van der Waals surface area contributed by atoms with Crippen LogP contribution >= 0.6 is 0 Å². The fourth-order valence-electron chi connectivity index (χ4n) is 2.59. The zero-order chi connectivity index (χ0) is 16.7. The summed E-state index contributed by atoms with van der Waals surface area (Å²) in [6, 6.07) is 4.31. The zero-order valence-corrected chi connectivity index (χ0v) is 13.1. The van der Waals surface area contributed by atoms with E-state index in [4.69, 9.17) is 4.74 Å². The number of ether oxygens (including phenoxy) is 1. The molecule has 2 N–H and O–H groups in total. The van der Waals surface area contributed by atoms with Crippen LogP contribution in [0.5, 0.6) is 0 Å². The molecule has 1 aliphatic carbocycles. The van der Waals surface area contributed by atoms with E-state index < -0.39 is 24.5 Å². The molecule has 7 heteroatoms. The third-order valence-corrected chi connectivity index (χ3v) is 3.89. The second kappa shape index (κ2) is 8.26. The predicted octanol–water partition coefficient (Wildman–Crippen LogP) is 1.64. The standard InChI is InChI=1S/C16H21N3O4/c1-11-6-2-3-7-12(11)18-16(22)19-14(20)10-23-15(21)13-8-4-5-9-17-13/h4-5,8-9,11-12H,2-3,6-7,10H2,1H3,(H2,18,19,20,22)/t11-,12-/m0/s1. The predicted molar refractivity (Wildman–Crippen MR) is 82.6 cm³/mol. The van der Waals surface area contributed by atoms with Crippen LogP contribution in [0.2, 0.25) is 0 Å². The number of urea groups is 1. The minimum Gasteiger partial charge on any atom is -0.451 e. The molecule has 2 rings (SSSR count). The summed E-state index contributed by atoms with van der Waals surface area (Å²) >= 11 is 0. The van der Waals surface area contributed by atoms with Crippen molar-refractivity contribution in [3.63, 3.8) is 0 Å². The quantitative estimate of drug-likeness (QED) is 0.822. The van der Waals surface area contributed by atoms with Crippen LogP contribution in [0.3, 0.4) is 0 Å². The minimum absolute atomic E-state index is 0.0765. The first-order valence-electron chi connectivity index (χ1n) is 7.75. The minimum atomic E-state index is -0.706. The molecule has 0 spiro atoms. The number of amides is 3. The molecule has 1 heterocycles. The summed E-state index contributed by atoms with van der Waals surface area (Å²) in [6.45, 7) is 1.56. The first-order chi connectivity index (χ1) is 11.1. The number of nitrogens with one attached hydrogen (secondary N) is 2. The van der Waals surface area contributed by atoms with Crippen LogP contribution in [0.15, 0.2) is 24.4 Å². The summed E-state index contributed by atoms with van der Waals surface area (Å²) in [6.07, 6.45) is 5.68. The van der Waals surface area contributed by atoms with Crippen molar-refractivity contribution in [2.45, 2.75) is 38.6 Å². The Morgan fingerprint density at radius 1 is 1.26 bits per heavy atom. The summed E-state index contributed by atoms with van der Waals surface area (Å²) in [5.74, 6) is -0.983. The van der Waals surface area contributed by atoms with Gasteiger partial charge in [0.05, 0.1) is 0 Å². The lowest BCUT2D eigenvalue weighted by atomic mass is 9.86. The van der Waals surface area contributed by atoms with Gasteiger partial charge in [-0.1, -0.05) is 25.8 Å². The van der Waals surface area contributed by atoms with Crippen molar-refractivity contribution in [3.8, 4) is 0 Å². The molecule has 1 aromatic rings. The van der Waals surface area contributed by atoms with E-state index in [-0.39, 0.29) is 11.7 Å². The van der Waals surface area contributed by atoms with E-state index in [0.29, 0.717) is 5.92 Å². The molecule has 0 unspecified atom stereocenters. The molecule has 1 aromatic heterocycles. The smallest absolute Gasteiger partial charge is 0.357 e. The molecule has 1 fully saturated rings. The van der Waals surface area contributed by atoms with Gasteiger partial charge in [0.25, 0.3) is 5.91 Å². The van der Waals surface area contributed by atoms with E-state index in [1.165, 1.54) is 18.7 Å². The number of aromatic nitrogens is 1. The van der Waals surface area contributed by atoms with E-state index in [0.717, 1.165) is 19.3 Å². The molecule has 2 atom stereocenters. The van der Waals surface area contributed by atoms with Crippen LogP contribution in [0.1, 0.15) is 43.1 Å². The van der Waals surface area contributed by atoms with Crippen molar-refractivity contribution in [2.24, 2.45) is 5.92 Å². The van der Waals surface area contributed by atoms with E-state index >= 15 is 0 Å². The first kappa shape index (κ1) is 16.9. The Hall–Kier alpha value is -2.44. The lowest BCUT2D eigenvalue weighted by Crippen LogP contribution is -2.48. The van der Waals surface area contributed by atoms with E-state index in [2.05, 4.69) is 22.5 Å². The molecule has 23 heavy (non-hydrogen) atoms. The summed E-state index contributed by atoms with van der Waals surface area (Å²) in [4.78, 5) is 38.9. The van der Waals surface area contributed by atoms with Crippen LogP contribution in [-0.2, 0) is 9.53 Å². The Morgan fingerprint density at radius 2 is 2.04 bits per heavy atom. The zero-order valence-electron chi connectivity index (χ0n) is 13.1. The fraction of sp³-hybridized carbons (Fsp3) is 0.500. The number of esters is 1. The van der Waals surface area contributed by atoms with Gasteiger partial charge >= 0.3 is 12.0 Å². The van der Waals surface area contributed by atoms with Crippen LogP contribution in [0.25, 0.3) is 0 Å². The van der Waals surface area contributed by atoms with Gasteiger partial charge in [0.1, 0.15) is 5.69 Å². The maximum absolute atomic E-state index is 11.8. The Bertz CT molecular complexity index is 562. The van der Waals surface area contributed by atoms with Gasteiger partial charge < -0.3 is 10.1 Å². The average Bonchev–Trinajstić information content (AvgIpc) is 2.55. The third kappa shape index (κ3) is 5.36. The molecule has 0 aliphatic heterocycles. The number of hydrogen-bond donors (Lipinski definition) is 2. The molecule has 0 radical (unpaired) electrons. The second-order valence-corrected chi connectivity index (χ2v) is 5.68. The van der Waals surface area contributed by atoms with Gasteiger partial charge in [-0.2, -0.15) is 0 Å². The molecular formula is C16H21N3O4. The Kier molecular flexibility index (Phi) is 6.08. The third-order valence-electron chi connectivity index (χ3n) is 3.89. The number of nitrogens with zero attached hydrogens (tertiary/aromatic N) is 1. The van der Waals surface area contributed by atoms with Crippen molar-refractivity contribution < 1.29 is 19.1 Å². The highest BCUT2D eigenvalue weighted by atomic mass is 16.5. The average molecular weight is 319 g/mol. The lowest BCUT2D eigenvalue weighted by molar-refractivity contribution is -0.123. The van der Waals surface area contributed by atoms with Crippen LogP contribution in [0.4, 0.5) is 4.79 Å². The number of hydrogen-bond acceptors (Lipinski definition) is 5. The van der Waals surface area contributed by atoms with E-state index in [9.17, 15) is 14.4 Å². The lowest BCUT2D eigenvalue weighted by Gasteiger charge is -2.29. The first-order valence-corrected chi connectivity index (χ1v) is 7.75. The van der Waals surface area contributed by atoms with Gasteiger partial charge in [0, 0.05) is 12.2 Å². The van der Waals surface area contributed by atoms with Crippen LogP contribution in [-0.4, -0.2) is 35.5 Å². The SMILES string of the molecule is C[C@H]1CCCC[C@@H]1NC(=O)NC(=O)COC(=O)c1ccccn1. The summed E-state index contributed by atoms with van der Waals surface area (Å²) in [7, 11) is 0. The summed E-state index contributed by atoms with van der Waals surface area (Å²) in [5.41, 5.74) is 0.112. The maximum atomic E-state index is 11.8. The van der Waals surface area contributed by atoms with Crippen molar-refractivity contribution >= 4 is 17.9 Å². The number of carbonyl (C=O) groups excluding carboxylic acids is 3. The van der Waals surface area contributed by atoms with Crippen LogP contribution in [0, 0.1) is 5.92 Å². The van der Waals surface area contributed by atoms with Crippen LogP contribution < -0.4 is 10.6 Å². The molecule has 3 amide bonds. The monoisotopic (exact) mass is 319 g/mol. The van der Waals surface area contributed by atoms with Crippen molar-refractivity contribution in [1.29, 1.82) is 0 Å². The Balaban J connectivity index is 1.71. The van der Waals surface area contributed by atoms with Gasteiger partial charge in [0.15, 0.2) is 6.61 Å². The topological polar surface area (TPSA) is 97.4 Å². The van der Waals surface area contributed by atoms with Gasteiger partial charge in [0.2, 0.25) is 0 Å². The van der Waals surface area contributed by atoms with Crippen molar-refractivity contribution in [3.05, 3.63) is 30.1 Å². The normalized spacial score (nSPS) is 20.4. The molecule has 0 aromatic carbocycles. The Labute approximate surface area is 134 Å². The number of pyridine rings is 1. The van der Waals surface area contributed by atoms with Gasteiger partial charge in [-0.15, -0.1) is 0 Å². The molecule has 124 valence electrons. The molecule has 0 saturated heterocycles. The number of imide groups is 1. The Morgan fingerprint density at radius 3 is 2.74 bits per heavy atom.